The van der Waals surface area contributed by atoms with E-state index in [1.807, 2.05) is 18.2 Å². The van der Waals surface area contributed by atoms with Crippen LogP contribution in [-0.2, 0) is 0 Å². The second-order valence-electron chi connectivity index (χ2n) is 3.16. The van der Waals surface area contributed by atoms with Gasteiger partial charge in [-0.25, -0.2) is 0 Å². The maximum atomic E-state index is 5.66. The molecule has 0 amide bonds. The van der Waals surface area contributed by atoms with E-state index in [0.29, 0.717) is 12.5 Å². The molecule has 1 atom stereocenters. The fraction of sp³-hybridized carbons (Fsp3) is 0.400. The van der Waals surface area contributed by atoms with Gasteiger partial charge < -0.3 is 11.5 Å². The number of nitrogen functional groups attached to an aromatic ring is 1. The second kappa shape index (κ2) is 4.53. The second-order valence-corrected chi connectivity index (χ2v) is 3.64. The van der Waals surface area contributed by atoms with Gasteiger partial charge in [0.05, 0.1) is 0 Å². The molecule has 0 spiro atoms. The quantitative estimate of drug-likeness (QED) is 0.511. The first-order valence-corrected chi connectivity index (χ1v) is 4.92. The molecule has 0 saturated carbocycles. The van der Waals surface area contributed by atoms with E-state index in [1.165, 1.54) is 5.56 Å². The fourth-order valence-electron chi connectivity index (χ4n) is 1.35. The molecule has 0 bridgehead atoms. The zero-order chi connectivity index (χ0) is 9.84. The molecule has 2 nitrogen and oxygen atoms in total. The summed E-state index contributed by atoms with van der Waals surface area (Å²) in [4.78, 5) is 0.837. The average molecular weight is 196 g/mol. The molecular formula is C10H16N2S. The van der Waals surface area contributed by atoms with Crippen molar-refractivity contribution in [3.05, 3.63) is 23.8 Å². The predicted octanol–water partition coefficient (Wildman–Crippen LogP) is 2.01. The highest BCUT2D eigenvalue weighted by Crippen LogP contribution is 2.24. The summed E-state index contributed by atoms with van der Waals surface area (Å²) < 4.78 is 0. The molecule has 1 rings (SSSR count). The van der Waals surface area contributed by atoms with Gasteiger partial charge in [0.15, 0.2) is 0 Å². The standard InChI is InChI=1S/C10H16N2S/c1-2-7(6-11)8-3-4-9(12)10(13)5-8/h3-5,7,13H,2,6,11-12H2,1H3. The summed E-state index contributed by atoms with van der Waals surface area (Å²) in [5.41, 5.74) is 13.3. The highest BCUT2D eigenvalue weighted by molar-refractivity contribution is 7.80. The minimum atomic E-state index is 0.423. The van der Waals surface area contributed by atoms with Crippen molar-refractivity contribution in [2.75, 3.05) is 12.3 Å². The number of hydrogen-bond donors (Lipinski definition) is 3. The average Bonchev–Trinajstić information content (AvgIpc) is 2.13. The van der Waals surface area contributed by atoms with Gasteiger partial charge in [-0.15, -0.1) is 12.6 Å². The van der Waals surface area contributed by atoms with E-state index in [9.17, 15) is 0 Å². The molecule has 4 N–H and O–H groups in total. The lowest BCUT2D eigenvalue weighted by Crippen LogP contribution is -2.11. The third kappa shape index (κ3) is 2.39. The van der Waals surface area contributed by atoms with Crippen LogP contribution in [0.3, 0.4) is 0 Å². The minimum Gasteiger partial charge on any atom is -0.398 e. The molecule has 0 saturated heterocycles. The van der Waals surface area contributed by atoms with Crippen LogP contribution in [0.2, 0.25) is 0 Å². The van der Waals surface area contributed by atoms with Gasteiger partial charge in [-0.3, -0.25) is 0 Å². The fourth-order valence-corrected chi connectivity index (χ4v) is 1.58. The minimum absolute atomic E-state index is 0.423. The molecule has 0 heterocycles. The van der Waals surface area contributed by atoms with E-state index < -0.39 is 0 Å². The number of rotatable bonds is 3. The lowest BCUT2D eigenvalue weighted by molar-refractivity contribution is 0.673. The van der Waals surface area contributed by atoms with Gasteiger partial charge >= 0.3 is 0 Å². The Morgan fingerprint density at radius 3 is 2.62 bits per heavy atom. The smallest absolute Gasteiger partial charge is 0.0449 e. The Labute approximate surface area is 84.7 Å². The van der Waals surface area contributed by atoms with Crippen molar-refractivity contribution in [2.24, 2.45) is 5.73 Å². The van der Waals surface area contributed by atoms with Crippen molar-refractivity contribution >= 4 is 18.3 Å². The molecule has 72 valence electrons. The molecule has 13 heavy (non-hydrogen) atoms. The molecule has 0 aliphatic carbocycles. The van der Waals surface area contributed by atoms with Crippen LogP contribution in [0.4, 0.5) is 5.69 Å². The Morgan fingerprint density at radius 1 is 1.46 bits per heavy atom. The molecule has 0 radical (unpaired) electrons. The molecule has 0 aromatic heterocycles. The van der Waals surface area contributed by atoms with E-state index in [-0.39, 0.29) is 0 Å². The zero-order valence-electron chi connectivity index (χ0n) is 7.83. The van der Waals surface area contributed by atoms with Crippen LogP contribution in [0.25, 0.3) is 0 Å². The van der Waals surface area contributed by atoms with Crippen LogP contribution in [0.15, 0.2) is 23.1 Å². The van der Waals surface area contributed by atoms with Crippen molar-refractivity contribution in [3.63, 3.8) is 0 Å². The summed E-state index contributed by atoms with van der Waals surface area (Å²) >= 11 is 4.27. The highest BCUT2D eigenvalue weighted by Gasteiger charge is 2.07. The maximum Gasteiger partial charge on any atom is 0.0449 e. The molecule has 3 heteroatoms. The van der Waals surface area contributed by atoms with Gasteiger partial charge in [0.1, 0.15) is 0 Å². The van der Waals surface area contributed by atoms with Gasteiger partial charge in [0, 0.05) is 10.6 Å². The first-order chi connectivity index (χ1) is 6.19. The van der Waals surface area contributed by atoms with Crippen LogP contribution in [0.5, 0.6) is 0 Å². The number of hydrogen-bond acceptors (Lipinski definition) is 3. The van der Waals surface area contributed by atoms with Crippen LogP contribution < -0.4 is 11.5 Å². The number of nitrogens with two attached hydrogens (primary N) is 2. The first-order valence-electron chi connectivity index (χ1n) is 4.47. The Morgan fingerprint density at radius 2 is 2.15 bits per heavy atom. The van der Waals surface area contributed by atoms with Gasteiger partial charge in [0.25, 0.3) is 0 Å². The molecular weight excluding hydrogens is 180 g/mol. The molecule has 0 fully saturated rings. The lowest BCUT2D eigenvalue weighted by atomic mass is 9.96. The number of thiol groups is 1. The van der Waals surface area contributed by atoms with Crippen molar-refractivity contribution < 1.29 is 0 Å². The highest BCUT2D eigenvalue weighted by atomic mass is 32.1. The summed E-state index contributed by atoms with van der Waals surface area (Å²) in [6, 6.07) is 5.91. The Hall–Kier alpha value is -0.670. The summed E-state index contributed by atoms with van der Waals surface area (Å²) in [5.74, 6) is 0.423. The molecule has 1 aromatic carbocycles. The van der Waals surface area contributed by atoms with Gasteiger partial charge in [-0.05, 0) is 36.6 Å². The topological polar surface area (TPSA) is 52.0 Å². The van der Waals surface area contributed by atoms with E-state index in [0.717, 1.165) is 17.0 Å². The maximum absolute atomic E-state index is 5.66. The molecule has 0 aliphatic heterocycles. The van der Waals surface area contributed by atoms with Crippen molar-refractivity contribution in [1.82, 2.24) is 0 Å². The Balaban J connectivity index is 2.95. The summed E-state index contributed by atoms with van der Waals surface area (Å²) in [5, 5.41) is 0. The van der Waals surface area contributed by atoms with Crippen LogP contribution >= 0.6 is 12.6 Å². The monoisotopic (exact) mass is 196 g/mol. The molecule has 0 aliphatic rings. The molecule has 1 aromatic rings. The van der Waals surface area contributed by atoms with Gasteiger partial charge in [-0.2, -0.15) is 0 Å². The largest absolute Gasteiger partial charge is 0.398 e. The van der Waals surface area contributed by atoms with E-state index in [4.69, 9.17) is 11.5 Å². The lowest BCUT2D eigenvalue weighted by Gasteiger charge is -2.13. The summed E-state index contributed by atoms with van der Waals surface area (Å²) in [6.45, 7) is 2.81. The van der Waals surface area contributed by atoms with E-state index in [2.05, 4.69) is 19.6 Å². The molecule has 1 unspecified atom stereocenters. The Bertz CT molecular complexity index is 282. The summed E-state index contributed by atoms with van der Waals surface area (Å²) in [6.07, 6.45) is 1.05. The van der Waals surface area contributed by atoms with Crippen molar-refractivity contribution in [2.45, 2.75) is 24.2 Å². The summed E-state index contributed by atoms with van der Waals surface area (Å²) in [7, 11) is 0. The van der Waals surface area contributed by atoms with Gasteiger partial charge in [0.2, 0.25) is 0 Å². The SMILES string of the molecule is CCC(CN)c1ccc(N)c(S)c1. The third-order valence-electron chi connectivity index (χ3n) is 2.30. The number of benzene rings is 1. The van der Waals surface area contributed by atoms with Crippen LogP contribution in [0.1, 0.15) is 24.8 Å². The zero-order valence-corrected chi connectivity index (χ0v) is 8.72. The Kier molecular flexibility index (Phi) is 3.63. The van der Waals surface area contributed by atoms with E-state index >= 15 is 0 Å². The number of anilines is 1. The normalized spacial score (nSPS) is 12.8. The van der Waals surface area contributed by atoms with Crippen LogP contribution in [-0.4, -0.2) is 6.54 Å². The van der Waals surface area contributed by atoms with Crippen LogP contribution in [0, 0.1) is 0 Å². The van der Waals surface area contributed by atoms with Crippen molar-refractivity contribution in [3.8, 4) is 0 Å². The van der Waals surface area contributed by atoms with E-state index in [1.54, 1.807) is 0 Å². The van der Waals surface area contributed by atoms with Crippen molar-refractivity contribution in [1.29, 1.82) is 0 Å². The predicted molar refractivity (Wildman–Crippen MR) is 60.2 cm³/mol. The van der Waals surface area contributed by atoms with Gasteiger partial charge in [-0.1, -0.05) is 13.0 Å². The first kappa shape index (κ1) is 10.4. The third-order valence-corrected chi connectivity index (χ3v) is 2.69.